The molecule has 0 aliphatic carbocycles. The van der Waals surface area contributed by atoms with Gasteiger partial charge in [-0.3, -0.25) is 14.4 Å². The van der Waals surface area contributed by atoms with E-state index in [0.717, 1.165) is 22.9 Å². The van der Waals surface area contributed by atoms with Crippen molar-refractivity contribution in [3.8, 4) is 0 Å². The molecule has 0 radical (unpaired) electrons. The van der Waals surface area contributed by atoms with E-state index in [4.69, 9.17) is 16.3 Å². The molecule has 32 heavy (non-hydrogen) atoms. The lowest BCUT2D eigenvalue weighted by Crippen LogP contribution is -2.46. The van der Waals surface area contributed by atoms with Crippen LogP contribution in [0.2, 0.25) is 0 Å². The average Bonchev–Trinajstić information content (AvgIpc) is 2.77. The van der Waals surface area contributed by atoms with Crippen LogP contribution >= 0.6 is 11.6 Å². The molecule has 7 heteroatoms. The van der Waals surface area contributed by atoms with Crippen molar-refractivity contribution >= 4 is 29.9 Å². The summed E-state index contributed by atoms with van der Waals surface area (Å²) in [6.07, 6.45) is 0.811. The molecule has 0 aliphatic rings. The summed E-state index contributed by atoms with van der Waals surface area (Å²) in [6, 6.07) is 17.8. The SMILES string of the molecule is CC(C)C.CCCl.O=CNC(Cc1ccccc1)C(=O)NCC(=O)OCc1ccccc1. The Morgan fingerprint density at radius 3 is 1.91 bits per heavy atom. The molecule has 2 amide bonds. The number of rotatable bonds is 9. The van der Waals surface area contributed by atoms with Crippen LogP contribution in [-0.2, 0) is 32.1 Å². The Morgan fingerprint density at radius 1 is 0.969 bits per heavy atom. The second kappa shape index (κ2) is 18.9. The topological polar surface area (TPSA) is 84.5 Å². The first-order valence-electron chi connectivity index (χ1n) is 10.6. The molecule has 1 unspecified atom stereocenters. The maximum Gasteiger partial charge on any atom is 0.325 e. The Balaban J connectivity index is 0.00000121. The minimum Gasteiger partial charge on any atom is -0.460 e. The third-order valence-corrected chi connectivity index (χ3v) is 3.52. The number of benzene rings is 2. The fraction of sp³-hybridized carbons (Fsp3) is 0.400. The van der Waals surface area contributed by atoms with Crippen molar-refractivity contribution < 1.29 is 19.1 Å². The molecular weight excluding hydrogens is 428 g/mol. The molecule has 0 bridgehead atoms. The molecule has 2 rings (SSSR count). The highest BCUT2D eigenvalue weighted by atomic mass is 35.5. The summed E-state index contributed by atoms with van der Waals surface area (Å²) in [5.74, 6) is 0.578. The van der Waals surface area contributed by atoms with E-state index in [1.54, 1.807) is 0 Å². The van der Waals surface area contributed by atoms with Gasteiger partial charge in [-0.25, -0.2) is 0 Å². The van der Waals surface area contributed by atoms with Gasteiger partial charge in [-0.15, -0.1) is 11.6 Å². The van der Waals surface area contributed by atoms with E-state index in [-0.39, 0.29) is 13.2 Å². The summed E-state index contributed by atoms with van der Waals surface area (Å²) in [6.45, 7) is 8.29. The van der Waals surface area contributed by atoms with Crippen LogP contribution in [0.3, 0.4) is 0 Å². The van der Waals surface area contributed by atoms with Gasteiger partial charge in [-0.1, -0.05) is 88.4 Å². The second-order valence-electron chi connectivity index (χ2n) is 7.39. The lowest BCUT2D eigenvalue weighted by molar-refractivity contribution is -0.145. The fourth-order valence-corrected chi connectivity index (χ4v) is 2.23. The Hall–Kier alpha value is -2.86. The van der Waals surface area contributed by atoms with E-state index in [0.29, 0.717) is 12.8 Å². The lowest BCUT2D eigenvalue weighted by Gasteiger charge is -2.16. The average molecular weight is 463 g/mol. The van der Waals surface area contributed by atoms with Crippen molar-refractivity contribution in [2.24, 2.45) is 5.92 Å². The molecule has 0 aromatic heterocycles. The number of hydrogen-bond donors (Lipinski definition) is 2. The van der Waals surface area contributed by atoms with E-state index >= 15 is 0 Å². The molecule has 2 N–H and O–H groups in total. The van der Waals surface area contributed by atoms with Crippen LogP contribution in [-0.4, -0.2) is 36.8 Å². The highest BCUT2D eigenvalue weighted by Gasteiger charge is 2.19. The summed E-state index contributed by atoms with van der Waals surface area (Å²) in [7, 11) is 0. The summed E-state index contributed by atoms with van der Waals surface area (Å²) in [4.78, 5) is 34.6. The van der Waals surface area contributed by atoms with Gasteiger partial charge in [0.05, 0.1) is 0 Å². The van der Waals surface area contributed by atoms with Crippen molar-refractivity contribution in [2.75, 3.05) is 12.4 Å². The number of amides is 2. The van der Waals surface area contributed by atoms with Gasteiger partial charge in [0.1, 0.15) is 19.2 Å². The van der Waals surface area contributed by atoms with Gasteiger partial charge in [0.2, 0.25) is 12.3 Å². The van der Waals surface area contributed by atoms with Crippen molar-refractivity contribution in [3.63, 3.8) is 0 Å². The molecule has 1 atom stereocenters. The second-order valence-corrected chi connectivity index (χ2v) is 7.92. The number of carbonyl (C=O) groups is 3. The van der Waals surface area contributed by atoms with Crippen LogP contribution < -0.4 is 10.6 Å². The predicted molar refractivity (Wildman–Crippen MR) is 129 cm³/mol. The first-order valence-corrected chi connectivity index (χ1v) is 11.1. The summed E-state index contributed by atoms with van der Waals surface area (Å²) >= 11 is 5.00. The van der Waals surface area contributed by atoms with Gasteiger partial charge in [0.15, 0.2) is 0 Å². The number of carbonyl (C=O) groups excluding carboxylic acids is 3. The molecule has 2 aromatic rings. The molecule has 2 aromatic carbocycles. The maximum absolute atomic E-state index is 12.2. The zero-order valence-corrected chi connectivity index (χ0v) is 20.1. The van der Waals surface area contributed by atoms with Gasteiger partial charge in [-0.05, 0) is 17.0 Å². The van der Waals surface area contributed by atoms with Crippen molar-refractivity contribution in [2.45, 2.75) is 46.8 Å². The number of nitrogens with one attached hydrogen (secondary N) is 2. The largest absolute Gasteiger partial charge is 0.460 e. The van der Waals surface area contributed by atoms with Crippen molar-refractivity contribution in [1.82, 2.24) is 10.6 Å². The third-order valence-electron chi connectivity index (χ3n) is 3.52. The Kier molecular flexibility index (Phi) is 17.2. The minimum absolute atomic E-state index is 0.148. The fourth-order valence-electron chi connectivity index (χ4n) is 2.23. The molecule has 0 saturated carbocycles. The highest BCUT2D eigenvalue weighted by Crippen LogP contribution is 2.03. The molecule has 0 fully saturated rings. The highest BCUT2D eigenvalue weighted by molar-refractivity contribution is 6.17. The van der Waals surface area contributed by atoms with Gasteiger partial charge in [0.25, 0.3) is 0 Å². The normalized spacial score (nSPS) is 10.4. The standard InChI is InChI=1S/C19H20N2O4.C4H10.C2H5Cl/c22-14-21-17(11-15-7-3-1-4-8-15)19(24)20-12-18(23)25-13-16-9-5-2-6-10-16;1-4(2)3;1-2-3/h1-10,14,17H,11-13H2,(H,20,24)(H,21,22);4H,1-3H3;2H2,1H3. The van der Waals surface area contributed by atoms with E-state index in [1.165, 1.54) is 0 Å². The van der Waals surface area contributed by atoms with Gasteiger partial charge in [0, 0.05) is 12.3 Å². The smallest absolute Gasteiger partial charge is 0.325 e. The Bertz CT molecular complexity index is 752. The van der Waals surface area contributed by atoms with Crippen LogP contribution in [0.1, 0.15) is 38.8 Å². The van der Waals surface area contributed by atoms with E-state index in [2.05, 4.69) is 31.4 Å². The van der Waals surface area contributed by atoms with E-state index in [9.17, 15) is 14.4 Å². The molecule has 0 spiro atoms. The number of hydrogen-bond acceptors (Lipinski definition) is 4. The zero-order valence-electron chi connectivity index (χ0n) is 19.3. The van der Waals surface area contributed by atoms with Gasteiger partial charge in [-0.2, -0.15) is 0 Å². The Morgan fingerprint density at radius 2 is 1.44 bits per heavy atom. The monoisotopic (exact) mass is 462 g/mol. The van der Waals surface area contributed by atoms with Crippen LogP contribution in [0, 0.1) is 5.92 Å². The minimum atomic E-state index is -0.748. The van der Waals surface area contributed by atoms with Gasteiger partial charge >= 0.3 is 5.97 Å². The van der Waals surface area contributed by atoms with Gasteiger partial charge < -0.3 is 15.4 Å². The summed E-state index contributed by atoms with van der Waals surface area (Å²) in [5.41, 5.74) is 1.77. The number of halogens is 1. The zero-order chi connectivity index (χ0) is 24.2. The van der Waals surface area contributed by atoms with Crippen LogP contribution in [0.15, 0.2) is 60.7 Å². The van der Waals surface area contributed by atoms with Crippen molar-refractivity contribution in [1.29, 1.82) is 0 Å². The van der Waals surface area contributed by atoms with E-state index in [1.807, 2.05) is 67.6 Å². The lowest BCUT2D eigenvalue weighted by atomic mass is 10.1. The van der Waals surface area contributed by atoms with Crippen LogP contribution in [0.4, 0.5) is 0 Å². The number of esters is 1. The number of alkyl halides is 1. The third kappa shape index (κ3) is 15.9. The number of ether oxygens (including phenoxy) is 1. The van der Waals surface area contributed by atoms with Crippen LogP contribution in [0.25, 0.3) is 0 Å². The summed E-state index contributed by atoms with van der Waals surface area (Å²) < 4.78 is 5.09. The molecule has 0 heterocycles. The first kappa shape index (κ1) is 29.1. The molecule has 6 nitrogen and oxygen atoms in total. The predicted octanol–water partition coefficient (Wildman–Crippen LogP) is 4.11. The molecule has 176 valence electrons. The van der Waals surface area contributed by atoms with E-state index < -0.39 is 17.9 Å². The van der Waals surface area contributed by atoms with Crippen LogP contribution in [0.5, 0.6) is 0 Å². The summed E-state index contributed by atoms with van der Waals surface area (Å²) in [5, 5.41) is 4.96. The quantitative estimate of drug-likeness (QED) is 0.333. The molecular formula is C25H35ClN2O4. The van der Waals surface area contributed by atoms with Crippen molar-refractivity contribution in [3.05, 3.63) is 71.8 Å². The Labute approximate surface area is 196 Å². The first-order chi connectivity index (χ1) is 15.3. The molecule has 0 aliphatic heterocycles. The maximum atomic E-state index is 12.2. The molecule has 0 saturated heterocycles.